The van der Waals surface area contributed by atoms with Gasteiger partial charge in [-0.25, -0.2) is 0 Å². The van der Waals surface area contributed by atoms with Gasteiger partial charge in [-0.05, 0) is 37.6 Å². The zero-order valence-corrected chi connectivity index (χ0v) is 10.3. The molecule has 0 amide bonds. The summed E-state index contributed by atoms with van der Waals surface area (Å²) in [4.78, 5) is 0. The van der Waals surface area contributed by atoms with Gasteiger partial charge in [0.2, 0.25) is 0 Å². The lowest BCUT2D eigenvalue weighted by Gasteiger charge is -2.20. The molecule has 0 saturated heterocycles. The average Bonchev–Trinajstić information content (AvgIpc) is 1.98. The van der Waals surface area contributed by atoms with E-state index < -0.39 is 0 Å². The normalized spacial score (nSPS) is 12.5. The van der Waals surface area contributed by atoms with Gasteiger partial charge < -0.3 is 0 Å². The molecule has 0 spiro atoms. The lowest BCUT2D eigenvalue weighted by molar-refractivity contribution is 0.556. The van der Waals surface area contributed by atoms with E-state index in [-0.39, 0.29) is 0 Å². The number of hydrogen-bond acceptors (Lipinski definition) is 0. The van der Waals surface area contributed by atoms with Gasteiger partial charge in [-0.2, -0.15) is 0 Å². The minimum atomic E-state index is 0.569. The van der Waals surface area contributed by atoms with Gasteiger partial charge in [0.25, 0.3) is 0 Å². The van der Waals surface area contributed by atoms with E-state index in [0.717, 1.165) is 0 Å². The second kappa shape index (κ2) is 5.90. The molecule has 0 rings (SSSR count). The van der Waals surface area contributed by atoms with Crippen LogP contribution in [0.3, 0.4) is 0 Å². The molecular weight excluding hydrogens is 164 g/mol. The Kier molecular flexibility index (Phi) is 6.08. The Hall–Kier alpha value is 0.350. The summed E-state index contributed by atoms with van der Waals surface area (Å²) >= 11 is 0. The molecular formula is C11H25S+. The van der Waals surface area contributed by atoms with Crippen molar-refractivity contribution in [2.75, 3.05) is 12.5 Å². The summed E-state index contributed by atoms with van der Waals surface area (Å²) in [5.41, 5.74) is 0. The van der Waals surface area contributed by atoms with Crippen LogP contribution in [0.2, 0.25) is 0 Å². The van der Waals surface area contributed by atoms with Crippen LogP contribution in [0.5, 0.6) is 0 Å². The Bertz CT molecular complexity index is 106. The van der Waals surface area contributed by atoms with E-state index in [1.165, 1.54) is 32.1 Å². The van der Waals surface area contributed by atoms with Crippen molar-refractivity contribution in [2.45, 2.75) is 57.6 Å². The summed E-state index contributed by atoms with van der Waals surface area (Å²) in [5, 5.41) is 0. The van der Waals surface area contributed by atoms with Gasteiger partial charge in [-0.1, -0.05) is 26.2 Å². The van der Waals surface area contributed by atoms with Crippen LogP contribution in [0.1, 0.15) is 52.9 Å². The van der Waals surface area contributed by atoms with Crippen molar-refractivity contribution in [1.82, 2.24) is 0 Å². The quantitative estimate of drug-likeness (QED) is 0.442. The predicted molar refractivity (Wildman–Crippen MR) is 62.1 cm³/mol. The molecule has 0 radical (unpaired) electrons. The largest absolute Gasteiger partial charge is 0.122 e. The molecule has 12 heavy (non-hydrogen) atoms. The molecule has 0 fully saturated rings. The minimum Gasteiger partial charge on any atom is -0.0654 e. The van der Waals surface area contributed by atoms with Crippen LogP contribution in [0.25, 0.3) is 0 Å². The average molecular weight is 189 g/mol. The van der Waals surface area contributed by atoms with Gasteiger partial charge in [-0.3, -0.25) is 0 Å². The highest BCUT2D eigenvalue weighted by Crippen LogP contribution is 2.23. The summed E-state index contributed by atoms with van der Waals surface area (Å²) < 4.78 is 0.577. The van der Waals surface area contributed by atoms with Crippen molar-refractivity contribution in [2.24, 2.45) is 0 Å². The van der Waals surface area contributed by atoms with Crippen LogP contribution in [0, 0.1) is 0 Å². The molecule has 74 valence electrons. The van der Waals surface area contributed by atoms with Crippen molar-refractivity contribution in [3.63, 3.8) is 0 Å². The zero-order chi connectivity index (χ0) is 9.61. The van der Waals surface area contributed by atoms with Gasteiger partial charge in [0.05, 0.1) is 12.5 Å². The molecule has 0 N–H and O–H groups in total. The molecule has 0 aromatic rings. The van der Waals surface area contributed by atoms with Crippen molar-refractivity contribution >= 4 is 10.9 Å². The monoisotopic (exact) mass is 189 g/mol. The van der Waals surface area contributed by atoms with Crippen molar-refractivity contribution in [3.8, 4) is 0 Å². The molecule has 0 bridgehead atoms. The molecule has 0 aromatic heterocycles. The highest BCUT2D eigenvalue weighted by molar-refractivity contribution is 7.96. The second-order valence-electron chi connectivity index (χ2n) is 4.39. The molecule has 0 saturated carbocycles. The summed E-state index contributed by atoms with van der Waals surface area (Å²) in [6.07, 6.45) is 11.7. The fraction of sp³-hybridized carbons (Fsp3) is 1.00. The summed E-state index contributed by atoms with van der Waals surface area (Å²) in [5.74, 6) is 0. The first-order valence-corrected chi connectivity index (χ1v) is 7.12. The van der Waals surface area contributed by atoms with Gasteiger partial charge in [0.15, 0.2) is 0 Å². The third kappa shape index (κ3) is 5.08. The second-order valence-corrected chi connectivity index (χ2v) is 7.13. The molecule has 1 heteroatoms. The fourth-order valence-corrected chi connectivity index (χ4v) is 1.73. The maximum atomic E-state index is 2.40. The van der Waals surface area contributed by atoms with Crippen LogP contribution < -0.4 is 0 Å². The first-order valence-electron chi connectivity index (χ1n) is 5.08. The van der Waals surface area contributed by atoms with Crippen LogP contribution in [-0.2, 0) is 10.9 Å². The van der Waals surface area contributed by atoms with E-state index in [4.69, 9.17) is 0 Å². The van der Waals surface area contributed by atoms with E-state index >= 15 is 0 Å². The molecule has 0 aliphatic rings. The van der Waals surface area contributed by atoms with E-state index in [1.54, 1.807) is 0 Å². The van der Waals surface area contributed by atoms with Crippen molar-refractivity contribution in [3.05, 3.63) is 0 Å². The van der Waals surface area contributed by atoms with Crippen LogP contribution in [-0.4, -0.2) is 17.3 Å². The molecule has 0 aliphatic carbocycles. The summed E-state index contributed by atoms with van der Waals surface area (Å²) in [6, 6.07) is 0. The fourth-order valence-electron chi connectivity index (χ4n) is 1.18. The Morgan fingerprint density at radius 3 is 2.00 bits per heavy atom. The molecule has 0 unspecified atom stereocenters. The van der Waals surface area contributed by atoms with E-state index in [2.05, 4.69) is 33.3 Å². The SMILES string of the molecule is CCCCCCC(C)(C)[S+](C)C. The molecule has 0 atom stereocenters. The van der Waals surface area contributed by atoms with E-state index in [1.807, 2.05) is 0 Å². The van der Waals surface area contributed by atoms with E-state index in [9.17, 15) is 0 Å². The van der Waals surface area contributed by atoms with Gasteiger partial charge in [0, 0.05) is 0 Å². The third-order valence-corrected chi connectivity index (χ3v) is 5.15. The van der Waals surface area contributed by atoms with Gasteiger partial charge >= 0.3 is 0 Å². The first kappa shape index (κ1) is 12.3. The molecule has 0 heterocycles. The summed E-state index contributed by atoms with van der Waals surface area (Å²) in [6.45, 7) is 7.08. The van der Waals surface area contributed by atoms with Gasteiger partial charge in [-0.15, -0.1) is 0 Å². The molecule has 0 aromatic carbocycles. The van der Waals surface area contributed by atoms with E-state index in [0.29, 0.717) is 15.6 Å². The third-order valence-electron chi connectivity index (χ3n) is 2.74. The Labute approximate surface area is 81.5 Å². The lowest BCUT2D eigenvalue weighted by Crippen LogP contribution is -2.29. The number of hydrogen-bond donors (Lipinski definition) is 0. The Balaban J connectivity index is 3.47. The topological polar surface area (TPSA) is 0 Å². The molecule has 0 nitrogen and oxygen atoms in total. The van der Waals surface area contributed by atoms with Gasteiger partial charge in [0.1, 0.15) is 4.75 Å². The Morgan fingerprint density at radius 2 is 1.58 bits per heavy atom. The first-order chi connectivity index (χ1) is 5.50. The van der Waals surface area contributed by atoms with Crippen molar-refractivity contribution in [1.29, 1.82) is 0 Å². The standard InChI is InChI=1S/C11H25S/c1-6-7-8-9-10-11(2,3)12(4)5/h6-10H2,1-5H3/q+1. The lowest BCUT2D eigenvalue weighted by atomic mass is 10.0. The smallest absolute Gasteiger partial charge is 0.0654 e. The van der Waals surface area contributed by atoms with Crippen LogP contribution in [0.15, 0.2) is 0 Å². The van der Waals surface area contributed by atoms with Crippen LogP contribution >= 0.6 is 0 Å². The zero-order valence-electron chi connectivity index (χ0n) is 9.44. The Morgan fingerprint density at radius 1 is 1.00 bits per heavy atom. The summed E-state index contributed by atoms with van der Waals surface area (Å²) in [7, 11) is 0.569. The maximum Gasteiger partial charge on any atom is 0.122 e. The highest BCUT2D eigenvalue weighted by Gasteiger charge is 2.29. The number of unbranched alkanes of at least 4 members (excludes halogenated alkanes) is 3. The molecule has 0 aliphatic heterocycles. The minimum absolute atomic E-state index is 0.569. The maximum absolute atomic E-state index is 2.40. The number of rotatable bonds is 6. The highest BCUT2D eigenvalue weighted by atomic mass is 32.2. The van der Waals surface area contributed by atoms with Crippen LogP contribution in [0.4, 0.5) is 0 Å². The predicted octanol–water partition coefficient (Wildman–Crippen LogP) is 3.61. The van der Waals surface area contributed by atoms with Crippen molar-refractivity contribution < 1.29 is 0 Å².